The molecule has 1 unspecified atom stereocenters. The zero-order valence-corrected chi connectivity index (χ0v) is 7.64. The van der Waals surface area contributed by atoms with Crippen LogP contribution < -0.4 is 5.73 Å². The van der Waals surface area contributed by atoms with Crippen LogP contribution in [-0.2, 0) is 9.53 Å². The van der Waals surface area contributed by atoms with Gasteiger partial charge in [-0.2, -0.15) is 0 Å². The first-order valence-electron chi connectivity index (χ1n) is 3.56. The van der Waals surface area contributed by atoms with E-state index in [0.717, 1.165) is 4.88 Å². The van der Waals surface area contributed by atoms with E-state index in [4.69, 9.17) is 10.5 Å². The summed E-state index contributed by atoms with van der Waals surface area (Å²) in [4.78, 5) is 12.1. The molecule has 1 atom stereocenters. The second kappa shape index (κ2) is 4.35. The molecule has 4 heteroatoms. The molecule has 0 aliphatic rings. The minimum absolute atomic E-state index is 0.0824. The van der Waals surface area contributed by atoms with E-state index in [9.17, 15) is 4.79 Å². The van der Waals surface area contributed by atoms with Crippen LogP contribution in [0, 0.1) is 0 Å². The molecule has 0 aromatic carbocycles. The zero-order valence-electron chi connectivity index (χ0n) is 6.82. The molecular formula is C8H11NO2S. The predicted molar refractivity (Wildman–Crippen MR) is 48.1 cm³/mol. The van der Waals surface area contributed by atoms with Crippen LogP contribution >= 0.6 is 11.3 Å². The van der Waals surface area contributed by atoms with Gasteiger partial charge in [-0.3, -0.25) is 4.79 Å². The number of nitrogens with two attached hydrogens (primary N) is 1. The van der Waals surface area contributed by atoms with Gasteiger partial charge >= 0.3 is 0 Å². The van der Waals surface area contributed by atoms with Crippen LogP contribution in [0.15, 0.2) is 17.5 Å². The summed E-state index contributed by atoms with van der Waals surface area (Å²) in [5, 5.41) is 1.90. The van der Waals surface area contributed by atoms with Gasteiger partial charge in [-0.25, -0.2) is 0 Å². The van der Waals surface area contributed by atoms with Crippen LogP contribution in [0.2, 0.25) is 0 Å². The van der Waals surface area contributed by atoms with Crippen molar-refractivity contribution in [3.05, 3.63) is 22.4 Å². The number of hydrogen-bond donors (Lipinski definition) is 1. The number of hydrogen-bond acceptors (Lipinski definition) is 4. The third-order valence-corrected chi connectivity index (χ3v) is 2.44. The maximum absolute atomic E-state index is 11.2. The minimum atomic E-state index is -0.523. The Balaban J connectivity index is 2.59. The highest BCUT2D eigenvalue weighted by Gasteiger charge is 2.15. The number of ketones is 1. The molecule has 1 aromatic rings. The maximum atomic E-state index is 11.2. The lowest BCUT2D eigenvalue weighted by atomic mass is 10.2. The van der Waals surface area contributed by atoms with E-state index in [1.54, 1.807) is 0 Å². The third-order valence-electron chi connectivity index (χ3n) is 1.48. The van der Waals surface area contributed by atoms with E-state index in [2.05, 4.69) is 0 Å². The Labute approximate surface area is 75.1 Å². The Morgan fingerprint density at radius 1 is 1.83 bits per heavy atom. The molecule has 1 aromatic heterocycles. The number of ether oxygens (including phenoxy) is 1. The van der Waals surface area contributed by atoms with E-state index < -0.39 is 6.04 Å². The molecule has 0 fully saturated rings. The van der Waals surface area contributed by atoms with Gasteiger partial charge in [-0.1, -0.05) is 6.07 Å². The second-order valence-corrected chi connectivity index (χ2v) is 3.37. The van der Waals surface area contributed by atoms with Gasteiger partial charge in [0.25, 0.3) is 0 Å². The number of rotatable bonds is 4. The molecule has 0 aliphatic carbocycles. The van der Waals surface area contributed by atoms with Crippen LogP contribution in [0.25, 0.3) is 0 Å². The van der Waals surface area contributed by atoms with Crippen molar-refractivity contribution in [2.45, 2.75) is 6.04 Å². The lowest BCUT2D eigenvalue weighted by Crippen LogP contribution is -2.23. The number of Topliss-reactive ketones (excluding diaryl/α,β-unsaturated/α-hetero) is 1. The van der Waals surface area contributed by atoms with E-state index in [-0.39, 0.29) is 12.4 Å². The van der Waals surface area contributed by atoms with Gasteiger partial charge in [-0.05, 0) is 11.4 Å². The SMILES string of the molecule is COCC(=O)C(N)c1cccs1. The van der Waals surface area contributed by atoms with Gasteiger partial charge in [0, 0.05) is 12.0 Å². The van der Waals surface area contributed by atoms with Gasteiger partial charge in [0.05, 0.1) is 0 Å². The largest absolute Gasteiger partial charge is 0.377 e. The average Bonchev–Trinajstić information content (AvgIpc) is 2.55. The topological polar surface area (TPSA) is 52.3 Å². The summed E-state index contributed by atoms with van der Waals surface area (Å²) in [6, 6.07) is 3.20. The highest BCUT2D eigenvalue weighted by Crippen LogP contribution is 2.17. The van der Waals surface area contributed by atoms with Crippen molar-refractivity contribution in [2.75, 3.05) is 13.7 Å². The van der Waals surface area contributed by atoms with Gasteiger partial charge in [0.15, 0.2) is 5.78 Å². The lowest BCUT2D eigenvalue weighted by Gasteiger charge is -2.06. The van der Waals surface area contributed by atoms with Crippen molar-refractivity contribution in [3.8, 4) is 0 Å². The third kappa shape index (κ3) is 2.14. The quantitative estimate of drug-likeness (QED) is 0.760. The molecule has 0 saturated heterocycles. The molecule has 0 spiro atoms. The van der Waals surface area contributed by atoms with Crippen molar-refractivity contribution in [1.82, 2.24) is 0 Å². The van der Waals surface area contributed by atoms with E-state index >= 15 is 0 Å². The summed E-state index contributed by atoms with van der Waals surface area (Å²) < 4.78 is 4.70. The summed E-state index contributed by atoms with van der Waals surface area (Å²) in [5.41, 5.74) is 5.65. The van der Waals surface area contributed by atoms with Crippen LogP contribution in [0.3, 0.4) is 0 Å². The second-order valence-electron chi connectivity index (χ2n) is 2.39. The van der Waals surface area contributed by atoms with Crippen LogP contribution in [0.1, 0.15) is 10.9 Å². The Morgan fingerprint density at radius 3 is 3.08 bits per heavy atom. The molecule has 1 heterocycles. The molecular weight excluding hydrogens is 174 g/mol. The molecule has 0 saturated carbocycles. The van der Waals surface area contributed by atoms with Crippen LogP contribution in [0.5, 0.6) is 0 Å². The zero-order chi connectivity index (χ0) is 8.97. The molecule has 12 heavy (non-hydrogen) atoms. The monoisotopic (exact) mass is 185 g/mol. The van der Waals surface area contributed by atoms with Crippen LogP contribution in [0.4, 0.5) is 0 Å². The fourth-order valence-electron chi connectivity index (χ4n) is 0.859. The first kappa shape index (κ1) is 9.38. The van der Waals surface area contributed by atoms with Crippen LogP contribution in [-0.4, -0.2) is 19.5 Å². The smallest absolute Gasteiger partial charge is 0.180 e. The fourth-order valence-corrected chi connectivity index (χ4v) is 1.61. The molecule has 1 rings (SSSR count). The number of thiophene rings is 1. The Morgan fingerprint density at radius 2 is 2.58 bits per heavy atom. The Kier molecular flexibility index (Phi) is 3.40. The van der Waals surface area contributed by atoms with Crippen molar-refractivity contribution >= 4 is 17.1 Å². The molecule has 66 valence electrons. The lowest BCUT2D eigenvalue weighted by molar-refractivity contribution is -0.123. The van der Waals surface area contributed by atoms with E-state index in [1.807, 2.05) is 17.5 Å². The predicted octanol–water partition coefficient (Wildman–Crippen LogP) is 0.963. The summed E-state index contributed by atoms with van der Waals surface area (Å²) in [5.74, 6) is -0.0834. The molecule has 3 nitrogen and oxygen atoms in total. The summed E-state index contributed by atoms with van der Waals surface area (Å²) in [7, 11) is 1.49. The highest BCUT2D eigenvalue weighted by molar-refractivity contribution is 7.10. The highest BCUT2D eigenvalue weighted by atomic mass is 32.1. The number of carbonyl (C=O) groups is 1. The summed E-state index contributed by atoms with van der Waals surface area (Å²) in [6.07, 6.45) is 0. The Bertz CT molecular complexity index is 246. The van der Waals surface area contributed by atoms with Gasteiger partial charge in [0.2, 0.25) is 0 Å². The summed E-state index contributed by atoms with van der Waals surface area (Å²) >= 11 is 1.48. The van der Waals surface area contributed by atoms with Crippen molar-refractivity contribution in [2.24, 2.45) is 5.73 Å². The molecule has 0 bridgehead atoms. The normalized spacial score (nSPS) is 12.8. The number of methoxy groups -OCH3 is 1. The average molecular weight is 185 g/mol. The van der Waals surface area contributed by atoms with Gasteiger partial charge < -0.3 is 10.5 Å². The number of carbonyl (C=O) groups excluding carboxylic acids is 1. The van der Waals surface area contributed by atoms with Crippen molar-refractivity contribution < 1.29 is 9.53 Å². The van der Waals surface area contributed by atoms with E-state index in [0.29, 0.717) is 0 Å². The minimum Gasteiger partial charge on any atom is -0.377 e. The van der Waals surface area contributed by atoms with Crippen molar-refractivity contribution in [1.29, 1.82) is 0 Å². The van der Waals surface area contributed by atoms with E-state index in [1.165, 1.54) is 18.4 Å². The van der Waals surface area contributed by atoms with Crippen molar-refractivity contribution in [3.63, 3.8) is 0 Å². The van der Waals surface area contributed by atoms with Gasteiger partial charge in [-0.15, -0.1) is 11.3 Å². The summed E-state index contributed by atoms with van der Waals surface area (Å²) in [6.45, 7) is 0.0824. The Hall–Kier alpha value is -0.710. The van der Waals surface area contributed by atoms with Gasteiger partial charge in [0.1, 0.15) is 12.6 Å². The maximum Gasteiger partial charge on any atom is 0.180 e. The molecule has 0 amide bonds. The standard InChI is InChI=1S/C8H11NO2S/c1-11-5-6(10)8(9)7-3-2-4-12-7/h2-4,8H,5,9H2,1H3. The molecule has 0 radical (unpaired) electrons. The first-order valence-corrected chi connectivity index (χ1v) is 4.44. The fraction of sp³-hybridized carbons (Fsp3) is 0.375. The molecule has 2 N–H and O–H groups in total. The molecule has 0 aliphatic heterocycles. The first-order chi connectivity index (χ1) is 5.75.